The van der Waals surface area contributed by atoms with E-state index in [0.29, 0.717) is 12.2 Å². The van der Waals surface area contributed by atoms with Crippen LogP contribution < -0.4 is 16.4 Å². The third-order valence-electron chi connectivity index (χ3n) is 3.09. The van der Waals surface area contributed by atoms with E-state index in [1.54, 1.807) is 18.2 Å². The summed E-state index contributed by atoms with van der Waals surface area (Å²) in [5.74, 6) is -1.21. The van der Waals surface area contributed by atoms with Gasteiger partial charge in [-0.2, -0.15) is 0 Å². The SMILES string of the molecule is NC(=O)c1cc(NCC(=O)NCc2ccc(F)cc2)ccc1Cl. The van der Waals surface area contributed by atoms with E-state index in [1.807, 2.05) is 0 Å². The lowest BCUT2D eigenvalue weighted by Gasteiger charge is -2.09. The molecule has 0 aliphatic carbocycles. The molecule has 0 aliphatic rings. The van der Waals surface area contributed by atoms with E-state index in [2.05, 4.69) is 10.6 Å². The molecule has 4 N–H and O–H groups in total. The fourth-order valence-corrected chi connectivity index (χ4v) is 2.08. The van der Waals surface area contributed by atoms with Crippen LogP contribution >= 0.6 is 11.6 Å². The van der Waals surface area contributed by atoms with Crippen molar-refractivity contribution in [3.63, 3.8) is 0 Å². The van der Waals surface area contributed by atoms with Gasteiger partial charge in [0.05, 0.1) is 17.1 Å². The van der Waals surface area contributed by atoms with Crippen molar-refractivity contribution in [3.05, 3.63) is 64.4 Å². The molecule has 0 atom stereocenters. The summed E-state index contributed by atoms with van der Waals surface area (Å²) in [5.41, 5.74) is 6.74. The second-order valence-corrected chi connectivity index (χ2v) is 5.22. The van der Waals surface area contributed by atoms with E-state index >= 15 is 0 Å². The van der Waals surface area contributed by atoms with Gasteiger partial charge < -0.3 is 16.4 Å². The molecule has 0 heterocycles. The number of hydrogen-bond acceptors (Lipinski definition) is 3. The lowest BCUT2D eigenvalue weighted by atomic mass is 10.2. The fourth-order valence-electron chi connectivity index (χ4n) is 1.87. The average Bonchev–Trinajstić information content (AvgIpc) is 2.53. The summed E-state index contributed by atoms with van der Waals surface area (Å²) < 4.78 is 12.8. The van der Waals surface area contributed by atoms with E-state index in [1.165, 1.54) is 24.3 Å². The largest absolute Gasteiger partial charge is 0.376 e. The van der Waals surface area contributed by atoms with E-state index in [9.17, 15) is 14.0 Å². The van der Waals surface area contributed by atoms with Gasteiger partial charge in [-0.15, -0.1) is 0 Å². The number of hydrogen-bond donors (Lipinski definition) is 3. The molecule has 0 spiro atoms. The fraction of sp³-hybridized carbons (Fsp3) is 0.125. The molecule has 120 valence electrons. The van der Waals surface area contributed by atoms with Crippen LogP contribution in [0.3, 0.4) is 0 Å². The average molecular weight is 336 g/mol. The Morgan fingerprint density at radius 2 is 1.83 bits per heavy atom. The highest BCUT2D eigenvalue weighted by Gasteiger charge is 2.08. The number of rotatable bonds is 6. The quantitative estimate of drug-likeness (QED) is 0.757. The summed E-state index contributed by atoms with van der Waals surface area (Å²) >= 11 is 5.85. The molecule has 0 bridgehead atoms. The molecule has 0 radical (unpaired) electrons. The maximum absolute atomic E-state index is 12.8. The molecule has 7 heteroatoms. The van der Waals surface area contributed by atoms with Gasteiger partial charge in [-0.3, -0.25) is 9.59 Å². The number of carbonyl (C=O) groups excluding carboxylic acids is 2. The minimum atomic E-state index is -0.639. The normalized spacial score (nSPS) is 10.2. The molecule has 2 rings (SSSR count). The van der Waals surface area contributed by atoms with Crippen LogP contribution in [0, 0.1) is 5.82 Å². The van der Waals surface area contributed by atoms with E-state index in [-0.39, 0.29) is 28.9 Å². The smallest absolute Gasteiger partial charge is 0.250 e. The van der Waals surface area contributed by atoms with Crippen LogP contribution in [0.1, 0.15) is 15.9 Å². The molecule has 0 unspecified atom stereocenters. The van der Waals surface area contributed by atoms with Gasteiger partial charge in [0.25, 0.3) is 0 Å². The van der Waals surface area contributed by atoms with Gasteiger partial charge >= 0.3 is 0 Å². The number of nitrogens with one attached hydrogen (secondary N) is 2. The Morgan fingerprint density at radius 3 is 2.48 bits per heavy atom. The summed E-state index contributed by atoms with van der Waals surface area (Å²) in [6, 6.07) is 10.5. The maximum Gasteiger partial charge on any atom is 0.250 e. The van der Waals surface area contributed by atoms with E-state index < -0.39 is 5.91 Å². The van der Waals surface area contributed by atoms with Gasteiger partial charge in [0, 0.05) is 12.2 Å². The van der Waals surface area contributed by atoms with Crippen LogP contribution in [0.15, 0.2) is 42.5 Å². The highest BCUT2D eigenvalue weighted by Crippen LogP contribution is 2.19. The Morgan fingerprint density at radius 1 is 1.13 bits per heavy atom. The van der Waals surface area contributed by atoms with Crippen molar-refractivity contribution in [1.29, 1.82) is 0 Å². The molecule has 0 saturated heterocycles. The number of nitrogens with two attached hydrogens (primary N) is 1. The first-order chi connectivity index (χ1) is 11.0. The third-order valence-corrected chi connectivity index (χ3v) is 3.42. The van der Waals surface area contributed by atoms with Crippen molar-refractivity contribution in [1.82, 2.24) is 5.32 Å². The highest BCUT2D eigenvalue weighted by molar-refractivity contribution is 6.33. The summed E-state index contributed by atoms with van der Waals surface area (Å²) in [6.07, 6.45) is 0. The van der Waals surface area contributed by atoms with Gasteiger partial charge in [0.1, 0.15) is 5.82 Å². The third kappa shape index (κ3) is 4.96. The number of primary amides is 1. The molecule has 0 aromatic heterocycles. The summed E-state index contributed by atoms with van der Waals surface area (Å²) in [5, 5.41) is 5.82. The molecular formula is C16H15ClFN3O2. The van der Waals surface area contributed by atoms with Crippen LogP contribution in [0.25, 0.3) is 0 Å². The van der Waals surface area contributed by atoms with E-state index in [4.69, 9.17) is 17.3 Å². The molecular weight excluding hydrogens is 321 g/mol. The number of amides is 2. The lowest BCUT2D eigenvalue weighted by Crippen LogP contribution is -2.29. The minimum absolute atomic E-state index is 0.0149. The van der Waals surface area contributed by atoms with E-state index in [0.717, 1.165) is 5.56 Å². The van der Waals surface area contributed by atoms with Gasteiger partial charge in [-0.25, -0.2) is 4.39 Å². The molecule has 23 heavy (non-hydrogen) atoms. The minimum Gasteiger partial charge on any atom is -0.376 e. The topological polar surface area (TPSA) is 84.2 Å². The lowest BCUT2D eigenvalue weighted by molar-refractivity contribution is -0.119. The van der Waals surface area contributed by atoms with Gasteiger partial charge in [0.2, 0.25) is 11.8 Å². The molecule has 0 aliphatic heterocycles. The van der Waals surface area contributed by atoms with Gasteiger partial charge in [0.15, 0.2) is 0 Å². The molecule has 2 aromatic carbocycles. The Labute approximate surface area is 137 Å². The van der Waals surface area contributed by atoms with Crippen molar-refractivity contribution in [3.8, 4) is 0 Å². The standard InChI is InChI=1S/C16H15ClFN3O2/c17-14-6-5-12(7-13(14)16(19)23)20-9-15(22)21-8-10-1-3-11(18)4-2-10/h1-7,20H,8-9H2,(H2,19,23)(H,21,22). The Balaban J connectivity index is 1.85. The number of carbonyl (C=O) groups is 2. The van der Waals surface area contributed by atoms with Crippen LogP contribution in [0.2, 0.25) is 5.02 Å². The molecule has 5 nitrogen and oxygen atoms in total. The van der Waals surface area contributed by atoms with Crippen molar-refractivity contribution in [2.75, 3.05) is 11.9 Å². The molecule has 0 saturated carbocycles. The zero-order valence-electron chi connectivity index (χ0n) is 12.1. The van der Waals surface area contributed by atoms with Gasteiger partial charge in [-0.05, 0) is 35.9 Å². The molecule has 0 fully saturated rings. The molecule has 2 aromatic rings. The first kappa shape index (κ1) is 16.8. The maximum atomic E-state index is 12.8. The van der Waals surface area contributed by atoms with Crippen molar-refractivity contribution >= 4 is 29.1 Å². The predicted molar refractivity (Wildman–Crippen MR) is 86.7 cm³/mol. The van der Waals surface area contributed by atoms with Crippen LogP contribution in [0.5, 0.6) is 0 Å². The Kier molecular flexibility index (Phi) is 5.54. The summed E-state index contributed by atoms with van der Waals surface area (Å²) in [7, 11) is 0. The van der Waals surface area contributed by atoms with Crippen molar-refractivity contribution in [2.24, 2.45) is 5.73 Å². The van der Waals surface area contributed by atoms with Gasteiger partial charge in [-0.1, -0.05) is 23.7 Å². The highest BCUT2D eigenvalue weighted by atomic mass is 35.5. The predicted octanol–water partition coefficient (Wildman–Crippen LogP) is 2.31. The Bertz CT molecular complexity index is 720. The van der Waals surface area contributed by atoms with Crippen LogP contribution in [-0.2, 0) is 11.3 Å². The second-order valence-electron chi connectivity index (χ2n) is 4.82. The monoisotopic (exact) mass is 335 g/mol. The first-order valence-electron chi connectivity index (χ1n) is 6.80. The van der Waals surface area contributed by atoms with Crippen molar-refractivity contribution in [2.45, 2.75) is 6.54 Å². The number of benzene rings is 2. The molecule has 2 amide bonds. The zero-order valence-corrected chi connectivity index (χ0v) is 12.9. The van der Waals surface area contributed by atoms with Crippen molar-refractivity contribution < 1.29 is 14.0 Å². The summed E-state index contributed by atoms with van der Waals surface area (Å²) in [6.45, 7) is 0.314. The van der Waals surface area contributed by atoms with Crippen LogP contribution in [0.4, 0.5) is 10.1 Å². The Hall–Kier alpha value is -2.60. The number of anilines is 1. The zero-order chi connectivity index (χ0) is 16.8. The van der Waals surface area contributed by atoms with Crippen LogP contribution in [-0.4, -0.2) is 18.4 Å². The second kappa shape index (κ2) is 7.60. The first-order valence-corrected chi connectivity index (χ1v) is 7.18. The summed E-state index contributed by atoms with van der Waals surface area (Å²) in [4.78, 5) is 23.0. The number of halogens is 2.